The largest absolute Gasteiger partial charge is 0.497 e. The SMILES string of the molecule is COc1ccc(/C(C#N)=C\c2cccc(OC(=O)c3cc(C(F)(F)F)cc(C(F)(F)F)c3)c2)cc1. The molecular formula is C25H15F6NO3. The van der Waals surface area contributed by atoms with Crippen LogP contribution in [-0.4, -0.2) is 13.1 Å². The zero-order chi connectivity index (χ0) is 25.8. The number of ether oxygens (including phenoxy) is 2. The van der Waals surface area contributed by atoms with E-state index >= 15 is 0 Å². The molecule has 3 aromatic rings. The average molecular weight is 491 g/mol. The zero-order valence-electron chi connectivity index (χ0n) is 17.9. The van der Waals surface area contributed by atoms with Crippen LogP contribution in [-0.2, 0) is 12.4 Å². The van der Waals surface area contributed by atoms with Crippen molar-refractivity contribution >= 4 is 17.6 Å². The smallest absolute Gasteiger partial charge is 0.416 e. The van der Waals surface area contributed by atoms with Crippen molar-refractivity contribution < 1.29 is 40.6 Å². The van der Waals surface area contributed by atoms with Crippen molar-refractivity contribution in [3.8, 4) is 17.6 Å². The van der Waals surface area contributed by atoms with Crippen molar-refractivity contribution in [2.75, 3.05) is 7.11 Å². The molecule has 3 aromatic carbocycles. The molecule has 0 heterocycles. The number of halogens is 6. The van der Waals surface area contributed by atoms with Crippen LogP contribution in [0.5, 0.6) is 11.5 Å². The van der Waals surface area contributed by atoms with E-state index in [0.717, 1.165) is 0 Å². The number of hydrogen-bond acceptors (Lipinski definition) is 4. The van der Waals surface area contributed by atoms with Gasteiger partial charge in [0.05, 0.1) is 35.4 Å². The topological polar surface area (TPSA) is 59.3 Å². The van der Waals surface area contributed by atoms with Gasteiger partial charge in [-0.25, -0.2) is 4.79 Å². The average Bonchev–Trinajstić information content (AvgIpc) is 2.81. The molecule has 0 spiro atoms. The van der Waals surface area contributed by atoms with Crippen molar-refractivity contribution in [2.24, 2.45) is 0 Å². The Morgan fingerprint density at radius 2 is 1.43 bits per heavy atom. The number of rotatable bonds is 5. The van der Waals surface area contributed by atoms with Crippen molar-refractivity contribution in [2.45, 2.75) is 12.4 Å². The number of carbonyl (C=O) groups excluding carboxylic acids is 1. The Bertz CT molecular complexity index is 1270. The van der Waals surface area contributed by atoms with Crippen molar-refractivity contribution in [1.29, 1.82) is 5.26 Å². The van der Waals surface area contributed by atoms with Gasteiger partial charge >= 0.3 is 18.3 Å². The zero-order valence-corrected chi connectivity index (χ0v) is 17.9. The van der Waals surface area contributed by atoms with E-state index in [4.69, 9.17) is 9.47 Å². The van der Waals surface area contributed by atoms with Gasteiger partial charge in [-0.05, 0) is 71.8 Å². The van der Waals surface area contributed by atoms with Gasteiger partial charge in [0.2, 0.25) is 0 Å². The molecule has 3 rings (SSSR count). The number of methoxy groups -OCH3 is 1. The van der Waals surface area contributed by atoms with Gasteiger partial charge in [0.25, 0.3) is 0 Å². The lowest BCUT2D eigenvalue weighted by molar-refractivity contribution is -0.143. The Balaban J connectivity index is 1.90. The number of benzene rings is 3. The third-order valence-electron chi connectivity index (χ3n) is 4.72. The molecule has 0 N–H and O–H groups in total. The molecule has 0 bridgehead atoms. The van der Waals surface area contributed by atoms with Crippen LogP contribution in [0, 0.1) is 11.3 Å². The molecule has 35 heavy (non-hydrogen) atoms. The van der Waals surface area contributed by atoms with Crippen LogP contribution >= 0.6 is 0 Å². The summed E-state index contributed by atoms with van der Waals surface area (Å²) in [4.78, 5) is 12.4. The third kappa shape index (κ3) is 6.41. The maximum atomic E-state index is 13.1. The molecule has 0 atom stereocenters. The van der Waals surface area contributed by atoms with Gasteiger partial charge < -0.3 is 9.47 Å². The number of carbonyl (C=O) groups is 1. The number of nitriles is 1. The lowest BCUT2D eigenvalue weighted by Crippen LogP contribution is -2.15. The first-order valence-electron chi connectivity index (χ1n) is 9.78. The highest BCUT2D eigenvalue weighted by molar-refractivity contribution is 5.92. The number of hydrogen-bond donors (Lipinski definition) is 0. The minimum atomic E-state index is -5.10. The Morgan fingerprint density at radius 3 is 1.94 bits per heavy atom. The van der Waals surface area contributed by atoms with Gasteiger partial charge in [-0.15, -0.1) is 0 Å². The summed E-state index contributed by atoms with van der Waals surface area (Å²) in [6.07, 6.45) is -8.72. The first kappa shape index (κ1) is 25.4. The van der Waals surface area contributed by atoms with Gasteiger partial charge in [-0.1, -0.05) is 12.1 Å². The monoisotopic (exact) mass is 491 g/mol. The highest BCUT2D eigenvalue weighted by Gasteiger charge is 2.37. The van der Waals surface area contributed by atoms with E-state index in [9.17, 15) is 36.4 Å². The second-order valence-corrected chi connectivity index (χ2v) is 7.15. The Morgan fingerprint density at radius 1 is 0.829 bits per heavy atom. The molecule has 0 saturated carbocycles. The molecule has 0 unspecified atom stereocenters. The van der Waals surface area contributed by atoms with Crippen LogP contribution in [0.3, 0.4) is 0 Å². The third-order valence-corrected chi connectivity index (χ3v) is 4.72. The molecule has 10 heteroatoms. The predicted molar refractivity (Wildman–Crippen MR) is 114 cm³/mol. The molecule has 0 aliphatic rings. The quantitative estimate of drug-likeness (QED) is 0.127. The highest BCUT2D eigenvalue weighted by Crippen LogP contribution is 2.36. The van der Waals surface area contributed by atoms with E-state index < -0.39 is 35.0 Å². The summed E-state index contributed by atoms with van der Waals surface area (Å²) in [6, 6.07) is 14.8. The van der Waals surface area contributed by atoms with E-state index in [0.29, 0.717) is 29.0 Å². The molecule has 4 nitrogen and oxygen atoms in total. The number of alkyl halides is 6. The van der Waals surface area contributed by atoms with E-state index in [1.807, 2.05) is 6.07 Å². The fourth-order valence-electron chi connectivity index (χ4n) is 3.02. The van der Waals surface area contributed by atoms with Crippen molar-refractivity contribution in [3.05, 3.63) is 94.5 Å². The summed E-state index contributed by atoms with van der Waals surface area (Å²) in [6.45, 7) is 0. The Labute approximate surface area is 195 Å². The minimum absolute atomic E-state index is 0.0786. The summed E-state index contributed by atoms with van der Waals surface area (Å²) in [7, 11) is 1.49. The second kappa shape index (κ2) is 9.93. The van der Waals surface area contributed by atoms with Crippen LogP contribution in [0.4, 0.5) is 26.3 Å². The van der Waals surface area contributed by atoms with Crippen LogP contribution in [0.1, 0.15) is 32.6 Å². The fraction of sp³-hybridized carbons (Fsp3) is 0.120. The summed E-state index contributed by atoms with van der Waals surface area (Å²) < 4.78 is 88.4. The Kier molecular flexibility index (Phi) is 7.20. The lowest BCUT2D eigenvalue weighted by atomic mass is 10.0. The predicted octanol–water partition coefficient (Wildman–Crippen LogP) is 7.02. The summed E-state index contributed by atoms with van der Waals surface area (Å²) in [5.74, 6) is -0.955. The van der Waals surface area contributed by atoms with E-state index in [1.54, 1.807) is 30.3 Å². The van der Waals surface area contributed by atoms with E-state index in [2.05, 4.69) is 0 Å². The molecule has 0 radical (unpaired) electrons. The van der Waals surface area contributed by atoms with Crippen molar-refractivity contribution in [3.63, 3.8) is 0 Å². The fourth-order valence-corrected chi connectivity index (χ4v) is 3.02. The summed E-state index contributed by atoms with van der Waals surface area (Å²) in [5.41, 5.74) is -2.95. The van der Waals surface area contributed by atoms with E-state index in [-0.39, 0.29) is 17.4 Å². The van der Waals surface area contributed by atoms with Crippen LogP contribution in [0.25, 0.3) is 11.6 Å². The molecule has 0 aliphatic carbocycles. The Hall–Kier alpha value is -4.26. The molecule has 0 aromatic heterocycles. The van der Waals surface area contributed by atoms with Gasteiger partial charge in [0.15, 0.2) is 0 Å². The lowest BCUT2D eigenvalue weighted by Gasteiger charge is -2.14. The van der Waals surface area contributed by atoms with Gasteiger partial charge in [0, 0.05) is 0 Å². The molecule has 0 saturated heterocycles. The summed E-state index contributed by atoms with van der Waals surface area (Å²) >= 11 is 0. The minimum Gasteiger partial charge on any atom is -0.497 e. The summed E-state index contributed by atoms with van der Waals surface area (Å²) in [5, 5.41) is 9.50. The second-order valence-electron chi connectivity index (χ2n) is 7.15. The normalized spacial score (nSPS) is 12.1. The maximum absolute atomic E-state index is 13.1. The van der Waals surface area contributed by atoms with Gasteiger partial charge in [0.1, 0.15) is 11.5 Å². The van der Waals surface area contributed by atoms with Gasteiger partial charge in [-0.2, -0.15) is 31.6 Å². The number of nitrogens with zero attached hydrogens (tertiary/aromatic N) is 1. The van der Waals surface area contributed by atoms with Gasteiger partial charge in [-0.3, -0.25) is 0 Å². The van der Waals surface area contributed by atoms with Crippen LogP contribution < -0.4 is 9.47 Å². The standard InChI is InChI=1S/C25H15F6NO3/c1-34-21-7-5-16(6-8-21)18(14-32)9-15-3-2-4-22(10-15)35-23(33)17-11-19(24(26,27)28)13-20(12-17)25(29,30)31/h2-13H,1H3/b18-9-. The molecule has 0 fully saturated rings. The molecule has 180 valence electrons. The molecule has 0 aliphatic heterocycles. The number of esters is 1. The molecule has 0 amide bonds. The van der Waals surface area contributed by atoms with E-state index in [1.165, 1.54) is 31.4 Å². The maximum Gasteiger partial charge on any atom is 0.416 e. The van der Waals surface area contributed by atoms with Crippen LogP contribution in [0.2, 0.25) is 0 Å². The van der Waals surface area contributed by atoms with Crippen LogP contribution in [0.15, 0.2) is 66.7 Å². The number of allylic oxidation sites excluding steroid dienone is 1. The first-order valence-corrected chi connectivity index (χ1v) is 9.78. The molecular weight excluding hydrogens is 476 g/mol. The first-order chi connectivity index (χ1) is 16.4. The van der Waals surface area contributed by atoms with Crippen molar-refractivity contribution in [1.82, 2.24) is 0 Å². The highest BCUT2D eigenvalue weighted by atomic mass is 19.4.